The van der Waals surface area contributed by atoms with E-state index in [1.54, 1.807) is 0 Å². The molecule has 7 heteroatoms. The Balaban J connectivity index is 1.99. The minimum absolute atomic E-state index is 0.250. The van der Waals surface area contributed by atoms with Crippen LogP contribution in [0.4, 0.5) is 5.82 Å². The van der Waals surface area contributed by atoms with Gasteiger partial charge < -0.3 is 10.6 Å². The highest BCUT2D eigenvalue weighted by Gasteiger charge is 2.30. The predicted molar refractivity (Wildman–Crippen MR) is 76.9 cm³/mol. The van der Waals surface area contributed by atoms with Gasteiger partial charge in [0.25, 0.3) is 0 Å². The van der Waals surface area contributed by atoms with Gasteiger partial charge in [0.05, 0.1) is 0 Å². The lowest BCUT2D eigenvalue weighted by Gasteiger charge is -2.30. The van der Waals surface area contributed by atoms with E-state index >= 15 is 0 Å². The fourth-order valence-corrected chi connectivity index (χ4v) is 3.23. The predicted octanol–water partition coefficient (Wildman–Crippen LogP) is 0.290. The lowest BCUT2D eigenvalue weighted by molar-refractivity contribution is 0.472. The molecule has 7 nitrogen and oxygen atoms in total. The molecule has 1 aliphatic rings. The number of nitrogens with zero attached hydrogens (tertiary/aromatic N) is 4. The lowest BCUT2D eigenvalue weighted by atomic mass is 10.0. The summed E-state index contributed by atoms with van der Waals surface area (Å²) >= 11 is 0. The van der Waals surface area contributed by atoms with E-state index in [1.807, 2.05) is 20.0 Å². The van der Waals surface area contributed by atoms with Crippen LogP contribution in [0.1, 0.15) is 25.1 Å². The van der Waals surface area contributed by atoms with Crippen molar-refractivity contribution < 1.29 is 0 Å². The molecule has 108 valence electrons. The molecule has 1 aliphatic carbocycles. The Morgan fingerprint density at radius 3 is 3.10 bits per heavy atom. The maximum absolute atomic E-state index is 11.6. The highest BCUT2D eigenvalue weighted by molar-refractivity contribution is 5.51. The van der Waals surface area contributed by atoms with Crippen LogP contribution in [0, 0.1) is 12.8 Å². The topological polar surface area (TPSA) is 92.3 Å². The van der Waals surface area contributed by atoms with Crippen molar-refractivity contribution in [3.8, 4) is 0 Å². The van der Waals surface area contributed by atoms with Crippen LogP contribution in [-0.2, 0) is 0 Å². The van der Waals surface area contributed by atoms with E-state index in [-0.39, 0.29) is 5.69 Å². The Morgan fingerprint density at radius 1 is 1.55 bits per heavy atom. The second-order valence-electron chi connectivity index (χ2n) is 5.49. The summed E-state index contributed by atoms with van der Waals surface area (Å²) in [5.74, 6) is 2.00. The fraction of sp³-hybridized carbons (Fsp3) is 0.615. The van der Waals surface area contributed by atoms with Crippen molar-refractivity contribution in [1.29, 1.82) is 0 Å². The Labute approximate surface area is 116 Å². The number of aromatic amines is 1. The van der Waals surface area contributed by atoms with Crippen molar-refractivity contribution in [2.45, 2.75) is 32.2 Å². The van der Waals surface area contributed by atoms with Crippen LogP contribution in [-0.4, -0.2) is 39.2 Å². The molecule has 1 fully saturated rings. The van der Waals surface area contributed by atoms with Gasteiger partial charge in [-0.05, 0) is 32.2 Å². The van der Waals surface area contributed by atoms with Crippen molar-refractivity contribution >= 4 is 11.5 Å². The van der Waals surface area contributed by atoms with Crippen molar-refractivity contribution in [2.24, 2.45) is 11.7 Å². The van der Waals surface area contributed by atoms with Crippen LogP contribution in [0.25, 0.3) is 5.65 Å². The molecular formula is C13H20N6O. The maximum atomic E-state index is 11.6. The largest absolute Gasteiger partial charge is 0.356 e. The molecule has 0 bridgehead atoms. The number of rotatable bonds is 3. The maximum Gasteiger partial charge on any atom is 0.349 e. The van der Waals surface area contributed by atoms with E-state index in [2.05, 4.69) is 20.1 Å². The summed E-state index contributed by atoms with van der Waals surface area (Å²) in [5.41, 5.74) is 6.21. The summed E-state index contributed by atoms with van der Waals surface area (Å²) < 4.78 is 1.48. The first-order valence-electron chi connectivity index (χ1n) is 6.99. The van der Waals surface area contributed by atoms with Crippen LogP contribution in [0.15, 0.2) is 10.9 Å². The highest BCUT2D eigenvalue weighted by atomic mass is 16.1. The zero-order valence-corrected chi connectivity index (χ0v) is 11.8. The second-order valence-corrected chi connectivity index (χ2v) is 5.49. The van der Waals surface area contributed by atoms with Crippen LogP contribution in [0.2, 0.25) is 0 Å². The van der Waals surface area contributed by atoms with Crippen molar-refractivity contribution in [3.63, 3.8) is 0 Å². The zero-order chi connectivity index (χ0) is 14.3. The average Bonchev–Trinajstić information content (AvgIpc) is 3.04. The summed E-state index contributed by atoms with van der Waals surface area (Å²) in [6.45, 7) is 2.52. The normalized spacial score (nSPS) is 22.6. The summed E-state index contributed by atoms with van der Waals surface area (Å²) in [4.78, 5) is 18.3. The Kier molecular flexibility index (Phi) is 3.21. The number of nitrogens with one attached hydrogen (secondary N) is 1. The third-order valence-corrected chi connectivity index (χ3v) is 4.34. The van der Waals surface area contributed by atoms with Crippen LogP contribution in [0.3, 0.4) is 0 Å². The molecule has 2 heterocycles. The van der Waals surface area contributed by atoms with Crippen molar-refractivity contribution in [1.82, 2.24) is 19.6 Å². The Hall–Kier alpha value is -1.89. The first-order valence-corrected chi connectivity index (χ1v) is 6.99. The first-order chi connectivity index (χ1) is 9.61. The molecular weight excluding hydrogens is 256 g/mol. The third-order valence-electron chi connectivity index (χ3n) is 4.34. The number of nitrogens with two attached hydrogens (primary N) is 1. The van der Waals surface area contributed by atoms with Gasteiger partial charge in [-0.2, -0.15) is 5.10 Å². The first kappa shape index (κ1) is 13.1. The van der Waals surface area contributed by atoms with E-state index < -0.39 is 0 Å². The third kappa shape index (κ3) is 1.98. The van der Waals surface area contributed by atoms with Crippen LogP contribution in [0.5, 0.6) is 0 Å². The fourth-order valence-electron chi connectivity index (χ4n) is 3.23. The summed E-state index contributed by atoms with van der Waals surface area (Å²) in [6, 6.07) is 2.26. The molecule has 2 aromatic rings. The average molecular weight is 276 g/mol. The molecule has 2 aromatic heterocycles. The molecule has 0 aliphatic heterocycles. The van der Waals surface area contributed by atoms with Crippen molar-refractivity contribution in [3.05, 3.63) is 22.4 Å². The molecule has 2 unspecified atom stereocenters. The van der Waals surface area contributed by atoms with E-state index in [0.717, 1.165) is 12.2 Å². The lowest BCUT2D eigenvalue weighted by Crippen LogP contribution is -2.38. The molecule has 1 saturated carbocycles. The van der Waals surface area contributed by atoms with Gasteiger partial charge in [-0.3, -0.25) is 0 Å². The molecule has 3 rings (SSSR count). The second kappa shape index (κ2) is 4.90. The number of hydrogen-bond donors (Lipinski definition) is 2. The van der Waals surface area contributed by atoms with E-state index in [9.17, 15) is 4.79 Å². The molecule has 3 N–H and O–H groups in total. The summed E-state index contributed by atoms with van der Waals surface area (Å²) in [5, 5.41) is 6.47. The van der Waals surface area contributed by atoms with Crippen LogP contribution >= 0.6 is 0 Å². The molecule has 0 spiro atoms. The Bertz CT molecular complexity index is 675. The molecule has 0 saturated heterocycles. The van der Waals surface area contributed by atoms with E-state index in [0.29, 0.717) is 30.0 Å². The number of hydrogen-bond acceptors (Lipinski definition) is 5. The van der Waals surface area contributed by atoms with Gasteiger partial charge in [0.2, 0.25) is 0 Å². The minimum Gasteiger partial charge on any atom is -0.356 e. The smallest absolute Gasteiger partial charge is 0.349 e. The van der Waals surface area contributed by atoms with Gasteiger partial charge >= 0.3 is 5.69 Å². The van der Waals surface area contributed by atoms with Crippen LogP contribution < -0.4 is 16.3 Å². The number of anilines is 1. The molecule has 20 heavy (non-hydrogen) atoms. The number of aromatic nitrogens is 4. The monoisotopic (exact) mass is 276 g/mol. The van der Waals surface area contributed by atoms with Gasteiger partial charge in [-0.15, -0.1) is 0 Å². The van der Waals surface area contributed by atoms with E-state index in [1.165, 1.54) is 17.2 Å². The van der Waals surface area contributed by atoms with Gasteiger partial charge in [0, 0.05) is 19.2 Å². The van der Waals surface area contributed by atoms with Gasteiger partial charge in [-0.25, -0.2) is 19.3 Å². The number of fused-ring (bicyclic) bond motifs is 1. The van der Waals surface area contributed by atoms with Gasteiger partial charge in [0.1, 0.15) is 11.6 Å². The highest BCUT2D eigenvalue weighted by Crippen LogP contribution is 2.31. The standard InChI is InChI=1S/C13H20N6O/c1-8-15-11(6-12-16-17-13(20)19(8)12)18(2)10-5-3-4-9(10)7-14/h6,9-10H,3-5,7,14H2,1-2H3,(H,17,20). The number of H-pyrrole nitrogens is 1. The summed E-state index contributed by atoms with van der Waals surface area (Å²) in [7, 11) is 2.04. The molecule has 0 amide bonds. The molecule has 2 atom stereocenters. The SMILES string of the molecule is Cc1nc(N(C)C2CCCC2CN)cc2n[nH]c(=O)n12. The molecule has 0 radical (unpaired) electrons. The zero-order valence-electron chi connectivity index (χ0n) is 11.8. The minimum atomic E-state index is -0.250. The van der Waals surface area contributed by atoms with Gasteiger partial charge in [0.15, 0.2) is 5.65 Å². The summed E-state index contributed by atoms with van der Waals surface area (Å²) in [6.07, 6.45) is 3.52. The van der Waals surface area contributed by atoms with E-state index in [4.69, 9.17) is 5.73 Å². The number of aryl methyl sites for hydroxylation is 1. The van der Waals surface area contributed by atoms with Gasteiger partial charge in [-0.1, -0.05) is 6.42 Å². The molecule has 0 aromatic carbocycles. The Morgan fingerprint density at radius 2 is 2.35 bits per heavy atom. The van der Waals surface area contributed by atoms with Crippen molar-refractivity contribution in [2.75, 3.05) is 18.5 Å². The quantitative estimate of drug-likeness (QED) is 0.840.